The van der Waals surface area contributed by atoms with Gasteiger partial charge in [0.15, 0.2) is 0 Å². The van der Waals surface area contributed by atoms with Crippen LogP contribution in [-0.2, 0) is 13.0 Å². The highest BCUT2D eigenvalue weighted by Gasteiger charge is 2.04. The van der Waals surface area contributed by atoms with Gasteiger partial charge in [-0.15, -0.1) is 0 Å². The normalized spacial score (nSPS) is 10.8. The third-order valence-electron chi connectivity index (χ3n) is 1.97. The fourth-order valence-corrected chi connectivity index (χ4v) is 1.35. The molecule has 0 saturated heterocycles. The van der Waals surface area contributed by atoms with E-state index in [0.717, 1.165) is 17.5 Å². The van der Waals surface area contributed by atoms with Gasteiger partial charge in [0.05, 0.1) is 0 Å². The van der Waals surface area contributed by atoms with E-state index in [4.69, 9.17) is 5.73 Å². The summed E-state index contributed by atoms with van der Waals surface area (Å²) in [6, 6.07) is 5.09. The van der Waals surface area contributed by atoms with E-state index in [2.05, 4.69) is 13.8 Å². The maximum absolute atomic E-state index is 13.2. The largest absolute Gasteiger partial charge is 0.326 e. The number of nitrogens with two attached hydrogens (primary N) is 1. The maximum Gasteiger partial charge on any atom is 0.126 e. The molecular formula is C11H16FN. The Bertz CT molecular complexity index is 281. The van der Waals surface area contributed by atoms with Crippen molar-refractivity contribution in [1.82, 2.24) is 0 Å². The van der Waals surface area contributed by atoms with E-state index in [1.807, 2.05) is 6.07 Å². The van der Waals surface area contributed by atoms with Crippen LogP contribution in [0, 0.1) is 11.7 Å². The fraction of sp³-hybridized carbons (Fsp3) is 0.455. The molecule has 0 heterocycles. The smallest absolute Gasteiger partial charge is 0.126 e. The second-order valence-corrected chi connectivity index (χ2v) is 3.73. The third kappa shape index (κ3) is 2.81. The topological polar surface area (TPSA) is 26.0 Å². The molecule has 0 unspecified atom stereocenters. The van der Waals surface area contributed by atoms with Gasteiger partial charge in [-0.25, -0.2) is 4.39 Å². The standard InChI is InChI=1S/C11H16FN/c1-8(2)5-10-6-9(7-13)3-4-11(10)12/h3-4,6,8H,5,7,13H2,1-2H3. The minimum Gasteiger partial charge on any atom is -0.326 e. The number of hydrogen-bond acceptors (Lipinski definition) is 1. The summed E-state index contributed by atoms with van der Waals surface area (Å²) >= 11 is 0. The molecular weight excluding hydrogens is 165 g/mol. The summed E-state index contributed by atoms with van der Waals surface area (Å²) in [5.41, 5.74) is 7.25. The lowest BCUT2D eigenvalue weighted by Crippen LogP contribution is -2.02. The lowest BCUT2D eigenvalue weighted by Gasteiger charge is -2.07. The summed E-state index contributed by atoms with van der Waals surface area (Å²) in [5.74, 6) is 0.355. The minimum absolute atomic E-state index is 0.120. The van der Waals surface area contributed by atoms with Crippen molar-refractivity contribution >= 4 is 0 Å². The molecule has 13 heavy (non-hydrogen) atoms. The summed E-state index contributed by atoms with van der Waals surface area (Å²) in [7, 11) is 0. The Morgan fingerprint density at radius 1 is 1.38 bits per heavy atom. The quantitative estimate of drug-likeness (QED) is 0.761. The van der Waals surface area contributed by atoms with Crippen molar-refractivity contribution in [2.75, 3.05) is 0 Å². The number of benzene rings is 1. The molecule has 1 aromatic carbocycles. The molecule has 2 heteroatoms. The molecule has 1 rings (SSSR count). The third-order valence-corrected chi connectivity index (χ3v) is 1.97. The first kappa shape index (κ1) is 10.2. The second kappa shape index (κ2) is 4.38. The Kier molecular flexibility index (Phi) is 3.43. The summed E-state index contributed by atoms with van der Waals surface area (Å²) in [6.45, 7) is 4.63. The van der Waals surface area contributed by atoms with Crippen molar-refractivity contribution in [3.63, 3.8) is 0 Å². The molecule has 0 aliphatic rings. The van der Waals surface area contributed by atoms with Crippen LogP contribution in [-0.4, -0.2) is 0 Å². The summed E-state index contributed by atoms with van der Waals surface area (Å²) in [4.78, 5) is 0. The second-order valence-electron chi connectivity index (χ2n) is 3.73. The van der Waals surface area contributed by atoms with Gasteiger partial charge in [-0.1, -0.05) is 26.0 Å². The number of halogens is 1. The van der Waals surface area contributed by atoms with Gasteiger partial charge in [0, 0.05) is 6.54 Å². The predicted octanol–water partition coefficient (Wildman–Crippen LogP) is 2.48. The molecule has 0 fully saturated rings. The SMILES string of the molecule is CC(C)Cc1cc(CN)ccc1F. The van der Waals surface area contributed by atoms with Crippen molar-refractivity contribution in [2.24, 2.45) is 11.7 Å². The molecule has 0 amide bonds. The summed E-state index contributed by atoms with van der Waals surface area (Å²) < 4.78 is 13.2. The van der Waals surface area contributed by atoms with Crippen LogP contribution in [0.15, 0.2) is 18.2 Å². The molecule has 0 saturated carbocycles. The van der Waals surface area contributed by atoms with Gasteiger partial charge in [0.25, 0.3) is 0 Å². The molecule has 72 valence electrons. The summed E-state index contributed by atoms with van der Waals surface area (Å²) in [6.07, 6.45) is 0.777. The molecule has 1 nitrogen and oxygen atoms in total. The molecule has 2 N–H and O–H groups in total. The summed E-state index contributed by atoms with van der Waals surface area (Å²) in [5, 5.41) is 0. The molecule has 0 aliphatic carbocycles. The Morgan fingerprint density at radius 3 is 2.62 bits per heavy atom. The molecule has 0 atom stereocenters. The van der Waals surface area contributed by atoms with Gasteiger partial charge < -0.3 is 5.73 Å². The van der Waals surface area contributed by atoms with Crippen molar-refractivity contribution in [3.8, 4) is 0 Å². The molecule has 0 aromatic heterocycles. The van der Waals surface area contributed by atoms with E-state index < -0.39 is 0 Å². The first-order valence-electron chi connectivity index (χ1n) is 4.61. The van der Waals surface area contributed by atoms with Crippen LogP contribution in [0.5, 0.6) is 0 Å². The molecule has 0 radical (unpaired) electrons. The van der Waals surface area contributed by atoms with E-state index in [9.17, 15) is 4.39 Å². The van der Waals surface area contributed by atoms with Gasteiger partial charge in [0.1, 0.15) is 5.82 Å². The predicted molar refractivity (Wildman–Crippen MR) is 52.8 cm³/mol. The van der Waals surface area contributed by atoms with Crippen molar-refractivity contribution in [1.29, 1.82) is 0 Å². The molecule has 1 aromatic rings. The average Bonchev–Trinajstić information content (AvgIpc) is 2.08. The van der Waals surface area contributed by atoms with Crippen LogP contribution in [0.3, 0.4) is 0 Å². The lowest BCUT2D eigenvalue weighted by atomic mass is 10.0. The van der Waals surface area contributed by atoms with Crippen molar-refractivity contribution < 1.29 is 4.39 Å². The lowest BCUT2D eigenvalue weighted by molar-refractivity contribution is 0.573. The highest BCUT2D eigenvalue weighted by atomic mass is 19.1. The van der Waals surface area contributed by atoms with Crippen LogP contribution in [0.2, 0.25) is 0 Å². The first-order valence-corrected chi connectivity index (χ1v) is 4.61. The Balaban J connectivity index is 2.90. The van der Waals surface area contributed by atoms with Crippen LogP contribution in [0.4, 0.5) is 4.39 Å². The van der Waals surface area contributed by atoms with Crippen molar-refractivity contribution in [2.45, 2.75) is 26.8 Å². The van der Waals surface area contributed by atoms with Crippen LogP contribution >= 0.6 is 0 Å². The number of hydrogen-bond donors (Lipinski definition) is 1. The Labute approximate surface area is 78.8 Å². The van der Waals surface area contributed by atoms with Crippen LogP contribution in [0.25, 0.3) is 0 Å². The zero-order chi connectivity index (χ0) is 9.84. The minimum atomic E-state index is -0.120. The van der Waals surface area contributed by atoms with Crippen LogP contribution < -0.4 is 5.73 Å². The number of rotatable bonds is 3. The average molecular weight is 181 g/mol. The van der Waals surface area contributed by atoms with E-state index in [-0.39, 0.29) is 5.82 Å². The highest BCUT2D eigenvalue weighted by Crippen LogP contribution is 2.14. The van der Waals surface area contributed by atoms with Crippen molar-refractivity contribution in [3.05, 3.63) is 35.1 Å². The Hall–Kier alpha value is -0.890. The van der Waals surface area contributed by atoms with Gasteiger partial charge >= 0.3 is 0 Å². The monoisotopic (exact) mass is 181 g/mol. The maximum atomic E-state index is 13.2. The Morgan fingerprint density at radius 2 is 2.08 bits per heavy atom. The van der Waals surface area contributed by atoms with Gasteiger partial charge in [-0.2, -0.15) is 0 Å². The zero-order valence-electron chi connectivity index (χ0n) is 8.18. The fourth-order valence-electron chi connectivity index (χ4n) is 1.35. The van der Waals surface area contributed by atoms with E-state index >= 15 is 0 Å². The van der Waals surface area contributed by atoms with E-state index in [1.165, 1.54) is 6.07 Å². The zero-order valence-corrected chi connectivity index (χ0v) is 8.18. The van der Waals surface area contributed by atoms with Gasteiger partial charge in [0.2, 0.25) is 0 Å². The van der Waals surface area contributed by atoms with E-state index in [1.54, 1.807) is 6.07 Å². The van der Waals surface area contributed by atoms with E-state index in [0.29, 0.717) is 12.5 Å². The molecule has 0 bridgehead atoms. The first-order chi connectivity index (χ1) is 6.13. The molecule has 0 spiro atoms. The molecule has 0 aliphatic heterocycles. The van der Waals surface area contributed by atoms with Gasteiger partial charge in [-0.3, -0.25) is 0 Å². The van der Waals surface area contributed by atoms with Gasteiger partial charge in [-0.05, 0) is 29.5 Å². The highest BCUT2D eigenvalue weighted by molar-refractivity contribution is 5.25. The van der Waals surface area contributed by atoms with Crippen LogP contribution in [0.1, 0.15) is 25.0 Å².